The van der Waals surface area contributed by atoms with Gasteiger partial charge in [-0.25, -0.2) is 15.0 Å². The van der Waals surface area contributed by atoms with Gasteiger partial charge in [0.2, 0.25) is 0 Å². The number of benzene rings is 4. The van der Waals surface area contributed by atoms with Crippen molar-refractivity contribution in [2.24, 2.45) is 0 Å². The van der Waals surface area contributed by atoms with Crippen molar-refractivity contribution in [1.29, 1.82) is 0 Å². The second-order valence-electron chi connectivity index (χ2n) is 13.1. The lowest BCUT2D eigenvalue weighted by Crippen LogP contribution is -2.56. The summed E-state index contributed by atoms with van der Waals surface area (Å²) in [6.45, 7) is 2.82. The van der Waals surface area contributed by atoms with Gasteiger partial charge in [0, 0.05) is 0 Å². The third kappa shape index (κ3) is 8.21. The van der Waals surface area contributed by atoms with Crippen LogP contribution in [0, 0.1) is 0 Å². The molecule has 3 N–H and O–H groups in total. The van der Waals surface area contributed by atoms with Gasteiger partial charge in [0.25, 0.3) is 0 Å². The Morgan fingerprint density at radius 3 is 1.73 bits per heavy atom. The number of rotatable bonds is 14. The molecule has 0 aliphatic carbocycles. The molecule has 2 aromatic heterocycles. The van der Waals surface area contributed by atoms with Crippen LogP contribution in [0.15, 0.2) is 134 Å². The van der Waals surface area contributed by atoms with Gasteiger partial charge in [0.05, 0.1) is 39.4 Å². The molecule has 3 heterocycles. The van der Waals surface area contributed by atoms with Gasteiger partial charge in [0.1, 0.15) is 41.9 Å². The first-order chi connectivity index (χ1) is 25.5. The summed E-state index contributed by atoms with van der Waals surface area (Å²) in [7, 11) is 0. The average Bonchev–Trinajstić information content (AvgIpc) is 3.58. The molecule has 6 atom stereocenters. The van der Waals surface area contributed by atoms with Crippen molar-refractivity contribution in [2.75, 3.05) is 12.3 Å². The topological polar surface area (TPSA) is 136 Å². The van der Waals surface area contributed by atoms with E-state index in [0.717, 1.165) is 22.3 Å². The molecule has 268 valence electrons. The summed E-state index contributed by atoms with van der Waals surface area (Å²) in [5.74, 6) is 0.213. The van der Waals surface area contributed by atoms with E-state index in [-0.39, 0.29) is 32.2 Å². The molecular weight excluding hydrogens is 658 g/mol. The fourth-order valence-corrected chi connectivity index (χ4v) is 6.57. The van der Waals surface area contributed by atoms with E-state index in [1.54, 1.807) is 17.8 Å². The Morgan fingerprint density at radius 2 is 1.17 bits per heavy atom. The second-order valence-corrected chi connectivity index (χ2v) is 13.1. The van der Waals surface area contributed by atoms with E-state index >= 15 is 0 Å². The molecule has 0 radical (unpaired) electrons. The monoisotopic (exact) mass is 701 g/mol. The maximum absolute atomic E-state index is 12.9. The minimum atomic E-state index is -1.74. The van der Waals surface area contributed by atoms with Crippen LogP contribution in [0.25, 0.3) is 11.2 Å². The SMILES string of the molecule is C[C@]1(O)[C@H](OCc2ccccc2)[C@@H](OCc2ccccc2)[C@H](OCc2ccccc2)[C@@H](COCc2ccccc2)O[C@H]1n1cnc2c(N)ncnc21. The van der Waals surface area contributed by atoms with E-state index in [9.17, 15) is 5.11 Å². The zero-order chi connectivity index (χ0) is 35.8. The molecule has 6 aromatic rings. The number of nitrogens with two attached hydrogens (primary N) is 1. The normalized spacial score (nSPS) is 23.4. The largest absolute Gasteiger partial charge is 0.383 e. The van der Waals surface area contributed by atoms with Crippen LogP contribution in [0.1, 0.15) is 35.4 Å². The predicted molar refractivity (Wildman–Crippen MR) is 195 cm³/mol. The van der Waals surface area contributed by atoms with E-state index < -0.39 is 36.2 Å². The van der Waals surface area contributed by atoms with Gasteiger partial charge < -0.3 is 34.5 Å². The molecule has 52 heavy (non-hydrogen) atoms. The van der Waals surface area contributed by atoms with Crippen molar-refractivity contribution in [1.82, 2.24) is 19.5 Å². The Balaban J connectivity index is 1.32. The number of ether oxygens (including phenoxy) is 5. The predicted octanol–water partition coefficient (Wildman–Crippen LogP) is 6.03. The number of anilines is 1. The summed E-state index contributed by atoms with van der Waals surface area (Å²) in [6, 6.07) is 39.5. The number of imidazole rings is 1. The van der Waals surface area contributed by atoms with Crippen LogP contribution in [0.2, 0.25) is 0 Å². The molecule has 0 unspecified atom stereocenters. The molecule has 0 spiro atoms. The lowest BCUT2D eigenvalue weighted by atomic mass is 9.89. The minimum Gasteiger partial charge on any atom is -0.383 e. The number of nitrogens with zero attached hydrogens (tertiary/aromatic N) is 4. The highest BCUT2D eigenvalue weighted by Crippen LogP contribution is 2.41. The number of aliphatic hydroxyl groups is 1. The highest BCUT2D eigenvalue weighted by atomic mass is 16.6. The van der Waals surface area contributed by atoms with Gasteiger partial charge in [-0.05, 0) is 29.2 Å². The van der Waals surface area contributed by atoms with E-state index in [1.165, 1.54) is 6.33 Å². The summed E-state index contributed by atoms with van der Waals surface area (Å²) in [4.78, 5) is 13.1. The molecule has 1 saturated heterocycles. The summed E-state index contributed by atoms with van der Waals surface area (Å²) in [5.41, 5.74) is 9.11. The number of nitrogen functional groups attached to an aromatic ring is 1. The first kappa shape index (κ1) is 35.4. The van der Waals surface area contributed by atoms with Crippen LogP contribution < -0.4 is 5.73 Å². The Labute approximate surface area is 302 Å². The van der Waals surface area contributed by atoms with Crippen molar-refractivity contribution in [3.63, 3.8) is 0 Å². The quantitative estimate of drug-likeness (QED) is 0.139. The van der Waals surface area contributed by atoms with Crippen LogP contribution in [-0.4, -0.2) is 61.2 Å². The molecule has 11 nitrogen and oxygen atoms in total. The van der Waals surface area contributed by atoms with E-state index in [2.05, 4.69) is 15.0 Å². The highest BCUT2D eigenvalue weighted by Gasteiger charge is 2.56. The smallest absolute Gasteiger partial charge is 0.168 e. The summed E-state index contributed by atoms with van der Waals surface area (Å²) in [6.07, 6.45) is -1.53. The molecule has 4 aromatic carbocycles. The molecule has 1 fully saturated rings. The van der Waals surface area contributed by atoms with Crippen LogP contribution in [0.3, 0.4) is 0 Å². The molecular formula is C41H43N5O6. The molecule has 7 rings (SSSR count). The maximum Gasteiger partial charge on any atom is 0.168 e. The first-order valence-corrected chi connectivity index (χ1v) is 17.4. The lowest BCUT2D eigenvalue weighted by Gasteiger charge is -2.40. The Hall–Kier alpha value is -5.01. The molecule has 1 aliphatic heterocycles. The van der Waals surface area contributed by atoms with Gasteiger partial charge in [-0.3, -0.25) is 4.57 Å². The fraction of sp³-hybridized carbons (Fsp3) is 0.293. The fourth-order valence-electron chi connectivity index (χ4n) is 6.57. The Kier molecular flexibility index (Phi) is 11.3. The van der Waals surface area contributed by atoms with Gasteiger partial charge in [-0.1, -0.05) is 121 Å². The first-order valence-electron chi connectivity index (χ1n) is 17.4. The van der Waals surface area contributed by atoms with Gasteiger partial charge in [-0.15, -0.1) is 0 Å². The number of fused-ring (bicyclic) bond motifs is 1. The van der Waals surface area contributed by atoms with E-state index in [1.807, 2.05) is 121 Å². The second kappa shape index (κ2) is 16.6. The molecule has 0 saturated carbocycles. The standard InChI is InChI=1S/C41H43N5O6/c1-41(47)37(51-25-32-20-12-5-13-21-32)36(50-24-31-18-10-4-11-19-31)35(49-23-30-16-8-3-9-17-30)33(26-48-22-29-14-6-2-7-15-29)52-40(41)46-28-45-34-38(42)43-27-44-39(34)46/h2-21,27-28,33,35-37,40,47H,22-26H2,1H3,(H2,42,43,44)/t33-,35-,36+,37-,40-,41+/m1/s1. The van der Waals surface area contributed by atoms with Gasteiger partial charge >= 0.3 is 0 Å². The Bertz CT molecular complexity index is 1980. The molecule has 0 bridgehead atoms. The summed E-state index contributed by atoms with van der Waals surface area (Å²) < 4.78 is 35.4. The average molecular weight is 702 g/mol. The van der Waals surface area contributed by atoms with Crippen LogP contribution in [0.4, 0.5) is 5.82 Å². The zero-order valence-corrected chi connectivity index (χ0v) is 29.0. The minimum absolute atomic E-state index is 0.112. The van der Waals surface area contributed by atoms with Crippen molar-refractivity contribution >= 4 is 17.0 Å². The van der Waals surface area contributed by atoms with Crippen molar-refractivity contribution < 1.29 is 28.8 Å². The van der Waals surface area contributed by atoms with E-state index in [0.29, 0.717) is 17.8 Å². The van der Waals surface area contributed by atoms with E-state index in [4.69, 9.17) is 29.4 Å². The third-order valence-electron chi connectivity index (χ3n) is 9.24. The van der Waals surface area contributed by atoms with Gasteiger partial charge in [0.15, 0.2) is 17.7 Å². The summed E-state index contributed by atoms with van der Waals surface area (Å²) >= 11 is 0. The summed E-state index contributed by atoms with van der Waals surface area (Å²) in [5, 5.41) is 12.9. The van der Waals surface area contributed by atoms with Gasteiger partial charge in [-0.2, -0.15) is 0 Å². The van der Waals surface area contributed by atoms with Crippen LogP contribution in [0.5, 0.6) is 0 Å². The van der Waals surface area contributed by atoms with Crippen LogP contribution in [-0.2, 0) is 50.1 Å². The lowest BCUT2D eigenvalue weighted by molar-refractivity contribution is -0.219. The van der Waals surface area contributed by atoms with Crippen molar-refractivity contribution in [3.05, 3.63) is 156 Å². The van der Waals surface area contributed by atoms with Crippen LogP contribution >= 0.6 is 0 Å². The van der Waals surface area contributed by atoms with Crippen molar-refractivity contribution in [3.8, 4) is 0 Å². The third-order valence-corrected chi connectivity index (χ3v) is 9.24. The number of aromatic nitrogens is 4. The maximum atomic E-state index is 12.9. The molecule has 11 heteroatoms. The Morgan fingerprint density at radius 1 is 0.673 bits per heavy atom. The molecule has 1 aliphatic rings. The number of hydrogen-bond acceptors (Lipinski definition) is 10. The number of hydrogen-bond donors (Lipinski definition) is 2. The van der Waals surface area contributed by atoms with Crippen molar-refractivity contribution in [2.45, 2.75) is 69.6 Å². The highest BCUT2D eigenvalue weighted by molar-refractivity contribution is 5.81. The zero-order valence-electron chi connectivity index (χ0n) is 29.0. The molecule has 0 amide bonds.